The number of hydrogen-bond donors (Lipinski definition) is 5. The molecule has 9 rings (SSSR count). The molecule has 1 saturated carbocycles. The molecule has 0 radical (unpaired) electrons. The van der Waals surface area contributed by atoms with Gasteiger partial charge in [-0.25, -0.2) is 9.37 Å². The van der Waals surface area contributed by atoms with Crippen LogP contribution in [0.3, 0.4) is 0 Å². The molecule has 1 aromatic heterocycles. The number of primary amides is 1. The van der Waals surface area contributed by atoms with Crippen LogP contribution in [0.5, 0.6) is 5.75 Å². The van der Waals surface area contributed by atoms with Crippen molar-refractivity contribution in [2.45, 2.75) is 215 Å². The largest absolute Gasteiger partial charge is 0.491 e. The van der Waals surface area contributed by atoms with Crippen LogP contribution in [0.25, 0.3) is 16.0 Å². The van der Waals surface area contributed by atoms with Crippen LogP contribution in [-0.2, 0) is 123 Å². The molecule has 4 heterocycles. The number of aryl methyl sites for hydroxylation is 3. The third-order valence-electron chi connectivity index (χ3n) is 20.7. The minimum Gasteiger partial charge on any atom is -0.491 e. The molecule has 117 heavy (non-hydrogen) atoms. The first-order valence-electron chi connectivity index (χ1n) is 39.5. The van der Waals surface area contributed by atoms with Crippen LogP contribution >= 0.6 is 18.9 Å². The van der Waals surface area contributed by atoms with Crippen LogP contribution in [-0.4, -0.2) is 177 Å². The molecule has 2 fully saturated rings. The summed E-state index contributed by atoms with van der Waals surface area (Å²) in [6.07, 6.45) is 2.06. The highest BCUT2D eigenvalue weighted by atomic mass is 32.1. The van der Waals surface area contributed by atoms with E-state index >= 15 is 8.78 Å². The summed E-state index contributed by atoms with van der Waals surface area (Å²) >= 11 is 1.48. The number of ether oxygens (including phenoxy) is 7. The fourth-order valence-electron chi connectivity index (χ4n) is 13.6. The van der Waals surface area contributed by atoms with Gasteiger partial charge in [0.25, 0.3) is 5.91 Å². The molecule has 32 heteroatoms. The standard InChI is InChI=1S/C85H111F3N7O20PS/c1-52(57-26-28-63(29-27-57)85(87,88)116(106,114-50-112-79(104)82(7,8)9)115-51-113-80(105)83(10,11)12)41-64(96)42-61-24-22-58-16-13-17-59-43-68(95(71(58)59)76(61)101)75(100)92-66(30-31-70(89)98)54(3)111-48-56-20-18-55(19-21-56)15-14-34-107-35-36-108-37-38-109-39-40-110-69-44-60(72-53(2)91-49-117-72)23-25-62(69)46-90-74(99)67-45-65(97)47-94(67)77(102)73(81(4,5)6)93-78(103)84(86)32-33-84/h13,16-21,23,25-29,41,44,49,54,61,65-68,73,97H,14-15,22,24,30-40,42-43,45-48,50-51H2,1-12H3,(H2,89,98)(H,90,99)(H,92,100)(H,93,103)/b52-41+/t54-,61-,65-,66+,67+,68+,73-/m1/s1. The fraction of sp³-hybridized carbons (Fsp3) is 0.553. The Morgan fingerprint density at radius 1 is 0.786 bits per heavy atom. The maximum absolute atomic E-state index is 16.3. The average Bonchev–Trinajstić information content (AvgIpc) is 1.46. The number of carbonyl (C=O) groups excluding carboxylic acids is 9. The third kappa shape index (κ3) is 24.9. The summed E-state index contributed by atoms with van der Waals surface area (Å²) in [5.41, 5.74) is 4.45. The zero-order valence-electron chi connectivity index (χ0n) is 68.7. The van der Waals surface area contributed by atoms with E-state index < -0.39 is 150 Å². The molecule has 4 aliphatic rings. The minimum absolute atomic E-state index is 0.0163. The number of hydrogen-bond acceptors (Lipinski definition) is 22. The van der Waals surface area contributed by atoms with Gasteiger partial charge in [-0.05, 0) is 164 Å². The number of β-amino-alcohol motifs (C(OH)–C–C–N with tert-alkyl or cyclic N) is 1. The number of nitrogens with one attached hydrogen (secondary N) is 3. The van der Waals surface area contributed by atoms with Crippen molar-refractivity contribution in [1.82, 2.24) is 25.8 Å². The second kappa shape index (κ2) is 40.3. The van der Waals surface area contributed by atoms with Gasteiger partial charge in [0.2, 0.25) is 43.1 Å². The van der Waals surface area contributed by atoms with Crippen LogP contribution < -0.4 is 31.3 Å². The van der Waals surface area contributed by atoms with E-state index in [0.29, 0.717) is 67.6 Å². The van der Waals surface area contributed by atoms with E-state index in [1.54, 1.807) is 40.1 Å². The number of halogens is 3. The number of para-hydroxylation sites is 1. The van der Waals surface area contributed by atoms with Crippen molar-refractivity contribution < 1.29 is 108 Å². The minimum atomic E-state index is -5.61. The van der Waals surface area contributed by atoms with Gasteiger partial charge in [0.05, 0.1) is 90.5 Å². The second-order valence-electron chi connectivity index (χ2n) is 33.2. The lowest BCUT2D eigenvalue weighted by atomic mass is 9.85. The van der Waals surface area contributed by atoms with E-state index in [0.717, 1.165) is 63.4 Å². The van der Waals surface area contributed by atoms with Crippen molar-refractivity contribution in [2.75, 3.05) is 71.3 Å². The predicted molar refractivity (Wildman–Crippen MR) is 429 cm³/mol. The molecule has 4 aromatic carbocycles. The number of nitrogens with zero attached hydrogens (tertiary/aromatic N) is 3. The summed E-state index contributed by atoms with van der Waals surface area (Å²) in [5, 5.41) is 19.3. The van der Waals surface area contributed by atoms with Crippen molar-refractivity contribution in [3.05, 3.63) is 141 Å². The number of benzene rings is 4. The highest BCUT2D eigenvalue weighted by Crippen LogP contribution is 2.67. The Balaban J connectivity index is 0.693. The highest BCUT2D eigenvalue weighted by molar-refractivity contribution is 7.54. The lowest BCUT2D eigenvalue weighted by molar-refractivity contribution is -0.163. The number of anilines is 1. The van der Waals surface area contributed by atoms with Gasteiger partial charge < -0.3 is 64.8 Å². The number of aliphatic hydroxyl groups excluding tert-OH is 1. The summed E-state index contributed by atoms with van der Waals surface area (Å²) in [6, 6.07) is 19.7. The number of aliphatic hydroxyl groups is 1. The Kier molecular flexibility index (Phi) is 31.7. The maximum Gasteiger partial charge on any atom is 0.410 e. The molecule has 5 aromatic rings. The molecule has 0 unspecified atom stereocenters. The summed E-state index contributed by atoms with van der Waals surface area (Å²) in [6.45, 7) is 19.6. The number of amides is 6. The second-order valence-corrected chi connectivity index (χ2v) is 36.2. The number of allylic oxidation sites excluding steroid dienone is 2. The average molecular weight is 1670 g/mol. The Labute approximate surface area is 685 Å². The van der Waals surface area contributed by atoms with Gasteiger partial charge in [0.1, 0.15) is 30.5 Å². The zero-order chi connectivity index (χ0) is 85.4. The Bertz CT molecular complexity index is 4390. The number of nitrogens with two attached hydrogens (primary N) is 1. The molecular formula is C85H111F3N7O20PS. The summed E-state index contributed by atoms with van der Waals surface area (Å²) in [5.74, 6) is -5.91. The van der Waals surface area contributed by atoms with Gasteiger partial charge in [-0.2, -0.15) is 8.78 Å². The molecule has 0 spiro atoms. The molecular weight excluding hydrogens is 1560 g/mol. The summed E-state index contributed by atoms with van der Waals surface area (Å²) < 4.78 is 111. The van der Waals surface area contributed by atoms with E-state index in [2.05, 4.69) is 20.9 Å². The van der Waals surface area contributed by atoms with E-state index in [9.17, 15) is 57.2 Å². The Morgan fingerprint density at radius 2 is 1.40 bits per heavy atom. The Hall–Kier alpha value is -8.78. The number of alkyl halides is 3. The van der Waals surface area contributed by atoms with Crippen molar-refractivity contribution in [2.24, 2.45) is 27.9 Å². The number of rotatable bonds is 42. The van der Waals surface area contributed by atoms with Crippen molar-refractivity contribution in [1.29, 1.82) is 0 Å². The van der Waals surface area contributed by atoms with Crippen LogP contribution in [0.2, 0.25) is 0 Å². The monoisotopic (exact) mass is 1670 g/mol. The normalized spacial score (nSPS) is 18.3. The van der Waals surface area contributed by atoms with Crippen LogP contribution in [0, 0.1) is 29.1 Å². The molecule has 6 N–H and O–H groups in total. The van der Waals surface area contributed by atoms with E-state index in [4.69, 9.17) is 47.9 Å². The van der Waals surface area contributed by atoms with E-state index in [-0.39, 0.29) is 84.3 Å². The third-order valence-corrected chi connectivity index (χ3v) is 23.5. The van der Waals surface area contributed by atoms with Crippen molar-refractivity contribution in [3.8, 4) is 16.2 Å². The topological polar surface area (TPSA) is 355 Å². The molecule has 0 bridgehead atoms. The van der Waals surface area contributed by atoms with Crippen LogP contribution in [0.15, 0.2) is 96.5 Å². The molecule has 638 valence electrons. The molecule has 3 aliphatic heterocycles. The van der Waals surface area contributed by atoms with Crippen molar-refractivity contribution >= 4 is 83.4 Å². The van der Waals surface area contributed by atoms with Crippen molar-refractivity contribution in [3.63, 3.8) is 0 Å². The van der Waals surface area contributed by atoms with E-state index in [1.807, 2.05) is 67.6 Å². The van der Waals surface area contributed by atoms with Gasteiger partial charge in [0, 0.05) is 62.4 Å². The SMILES string of the molecule is C/C(=C\C(=O)C[C@H]1CCc2cccc3c2N(C1=O)[C@H](C(=O)N[C@@H](CCC(N)=O)[C@@H](C)OCc1ccc(CCCOCCOCCOCCOc2cc(-c4scnc4C)ccc2CNC(=O)[C@@H]2C[C@@H](O)CN2C(=O)[C@@H](NC(=O)C2(F)CC2)C(C)(C)C)cc1)C3)c1ccc(C(F)(F)P(=O)(OCOC(=O)C(C)(C)C)OCOC(=O)C(C)(C)C)cc1. The molecule has 1 aliphatic carbocycles. The number of carbonyl (C=O) groups is 9. The summed E-state index contributed by atoms with van der Waals surface area (Å²) in [4.78, 5) is 129. The first-order valence-corrected chi connectivity index (χ1v) is 41.9. The number of likely N-dealkylation sites (tertiary alicyclic amines) is 1. The Morgan fingerprint density at radius 3 is 2.00 bits per heavy atom. The van der Waals surface area contributed by atoms with Crippen LogP contribution in [0.4, 0.5) is 18.9 Å². The van der Waals surface area contributed by atoms with E-state index in [1.165, 1.54) is 80.9 Å². The smallest absolute Gasteiger partial charge is 0.410 e. The van der Waals surface area contributed by atoms with Crippen LogP contribution in [0.1, 0.15) is 172 Å². The number of esters is 2. The van der Waals surface area contributed by atoms with Gasteiger partial charge in [-0.1, -0.05) is 99.6 Å². The quantitative estimate of drug-likeness (QED) is 0.00796. The first-order chi connectivity index (χ1) is 55.2. The molecule has 27 nitrogen and oxygen atoms in total. The maximum atomic E-state index is 16.3. The molecule has 6 amide bonds. The first kappa shape index (κ1) is 92.1. The number of ketones is 1. The zero-order valence-corrected chi connectivity index (χ0v) is 70.4. The lowest BCUT2D eigenvalue weighted by Gasteiger charge is -2.35. The molecule has 1 saturated heterocycles. The lowest BCUT2D eigenvalue weighted by Crippen LogP contribution is -2.59. The predicted octanol–water partition coefficient (Wildman–Crippen LogP) is 11.4. The number of aromatic nitrogens is 1. The van der Waals surface area contributed by atoms with Gasteiger partial charge in [0.15, 0.2) is 11.5 Å². The van der Waals surface area contributed by atoms with Gasteiger partial charge in [-0.3, -0.25) is 61.7 Å². The molecule has 7 atom stereocenters. The number of thiazole rings is 1. The van der Waals surface area contributed by atoms with Gasteiger partial charge >= 0.3 is 25.2 Å². The summed E-state index contributed by atoms with van der Waals surface area (Å²) in [7, 11) is -5.61. The fourth-order valence-corrected chi connectivity index (χ4v) is 15.6. The van der Waals surface area contributed by atoms with Gasteiger partial charge in [-0.15, -0.1) is 11.3 Å². The highest BCUT2D eigenvalue weighted by Gasteiger charge is 2.57.